The summed E-state index contributed by atoms with van der Waals surface area (Å²) in [7, 11) is 0. The van der Waals surface area contributed by atoms with Crippen molar-refractivity contribution in [3.63, 3.8) is 0 Å². The zero-order valence-electron chi connectivity index (χ0n) is 10.0. The zero-order chi connectivity index (χ0) is 11.7. The number of carbonyl (C=O) groups is 1. The van der Waals surface area contributed by atoms with E-state index in [1.54, 1.807) is 18.7 Å². The lowest BCUT2D eigenvalue weighted by molar-refractivity contribution is -0.139. The average Bonchev–Trinajstić information content (AvgIpc) is 2.17. The van der Waals surface area contributed by atoms with Crippen molar-refractivity contribution in [1.82, 2.24) is 0 Å². The standard InChI is InChI=1S/C12H22O2S/c1-5-6-7-8-9-15-11(4)14-12(13)10(2)3/h11H,2,5-9H2,1,3-4H3. The molecule has 0 radical (unpaired) electrons. The van der Waals surface area contributed by atoms with E-state index < -0.39 is 0 Å². The molecule has 0 rings (SSSR count). The highest BCUT2D eigenvalue weighted by molar-refractivity contribution is 7.99. The van der Waals surface area contributed by atoms with E-state index in [1.165, 1.54) is 25.7 Å². The van der Waals surface area contributed by atoms with Crippen molar-refractivity contribution in [3.8, 4) is 0 Å². The first-order chi connectivity index (χ1) is 7.07. The SMILES string of the molecule is C=C(C)C(=O)OC(C)SCCCCCC. The van der Waals surface area contributed by atoms with Crippen LogP contribution in [-0.4, -0.2) is 17.2 Å². The fourth-order valence-corrected chi connectivity index (χ4v) is 1.92. The minimum atomic E-state index is -0.288. The van der Waals surface area contributed by atoms with Crippen LogP contribution in [0.4, 0.5) is 0 Å². The molecular weight excluding hydrogens is 208 g/mol. The normalized spacial score (nSPS) is 12.2. The molecule has 0 saturated heterocycles. The van der Waals surface area contributed by atoms with Crippen LogP contribution in [0.1, 0.15) is 46.5 Å². The second-order valence-electron chi connectivity index (χ2n) is 3.68. The Morgan fingerprint density at radius 3 is 2.60 bits per heavy atom. The zero-order valence-corrected chi connectivity index (χ0v) is 10.9. The molecule has 0 aromatic heterocycles. The van der Waals surface area contributed by atoms with Gasteiger partial charge < -0.3 is 4.74 Å². The molecule has 2 nitrogen and oxygen atoms in total. The molecule has 0 saturated carbocycles. The summed E-state index contributed by atoms with van der Waals surface area (Å²) in [5, 5.41) is 0. The molecule has 0 amide bonds. The highest BCUT2D eigenvalue weighted by Gasteiger charge is 2.09. The van der Waals surface area contributed by atoms with Crippen molar-refractivity contribution in [2.24, 2.45) is 0 Å². The van der Waals surface area contributed by atoms with E-state index in [0.29, 0.717) is 5.57 Å². The predicted molar refractivity (Wildman–Crippen MR) is 67.0 cm³/mol. The van der Waals surface area contributed by atoms with E-state index in [0.717, 1.165) is 5.75 Å². The van der Waals surface area contributed by atoms with Gasteiger partial charge in [-0.15, -0.1) is 11.8 Å². The highest BCUT2D eigenvalue weighted by atomic mass is 32.2. The van der Waals surface area contributed by atoms with E-state index in [2.05, 4.69) is 13.5 Å². The summed E-state index contributed by atoms with van der Waals surface area (Å²) < 4.78 is 5.14. The Morgan fingerprint density at radius 2 is 2.07 bits per heavy atom. The summed E-state index contributed by atoms with van der Waals surface area (Å²) in [5.41, 5.74) is 0.407. The third-order valence-electron chi connectivity index (χ3n) is 1.97. The largest absolute Gasteiger partial charge is 0.448 e. The molecule has 15 heavy (non-hydrogen) atoms. The summed E-state index contributed by atoms with van der Waals surface area (Å²) in [6, 6.07) is 0. The minimum absolute atomic E-state index is 0.0594. The summed E-state index contributed by atoms with van der Waals surface area (Å²) in [6.07, 6.45) is 5.02. The summed E-state index contributed by atoms with van der Waals surface area (Å²) >= 11 is 1.69. The van der Waals surface area contributed by atoms with Gasteiger partial charge in [-0.25, -0.2) is 4.79 Å². The number of esters is 1. The molecule has 0 aliphatic rings. The molecule has 0 aliphatic carbocycles. The lowest BCUT2D eigenvalue weighted by atomic mass is 10.2. The van der Waals surface area contributed by atoms with Gasteiger partial charge in [-0.3, -0.25) is 0 Å². The minimum Gasteiger partial charge on any atom is -0.448 e. The molecule has 1 unspecified atom stereocenters. The topological polar surface area (TPSA) is 26.3 Å². The summed E-state index contributed by atoms with van der Waals surface area (Å²) in [6.45, 7) is 9.32. The summed E-state index contributed by atoms with van der Waals surface area (Å²) in [5.74, 6) is 0.772. The van der Waals surface area contributed by atoms with Crippen LogP contribution in [0.25, 0.3) is 0 Å². The lowest BCUT2D eigenvalue weighted by Gasteiger charge is -2.12. The molecule has 0 bridgehead atoms. The Labute approximate surface area is 97.5 Å². The van der Waals surface area contributed by atoms with Crippen molar-refractivity contribution in [1.29, 1.82) is 0 Å². The molecule has 1 atom stereocenters. The highest BCUT2D eigenvalue weighted by Crippen LogP contribution is 2.16. The number of hydrogen-bond acceptors (Lipinski definition) is 3. The predicted octanol–water partition coefficient (Wildman–Crippen LogP) is 3.77. The second kappa shape index (κ2) is 8.84. The maximum absolute atomic E-state index is 11.2. The molecular formula is C12H22O2S. The van der Waals surface area contributed by atoms with E-state index in [-0.39, 0.29) is 11.4 Å². The molecule has 0 heterocycles. The molecule has 3 heteroatoms. The van der Waals surface area contributed by atoms with Crippen LogP contribution in [0.15, 0.2) is 12.2 Å². The second-order valence-corrected chi connectivity index (χ2v) is 5.09. The van der Waals surface area contributed by atoms with Crippen LogP contribution < -0.4 is 0 Å². The monoisotopic (exact) mass is 230 g/mol. The first-order valence-corrected chi connectivity index (χ1v) is 6.61. The maximum Gasteiger partial charge on any atom is 0.334 e. The number of rotatable bonds is 8. The van der Waals surface area contributed by atoms with Crippen LogP contribution in [0.3, 0.4) is 0 Å². The van der Waals surface area contributed by atoms with E-state index in [1.807, 2.05) is 6.92 Å². The van der Waals surface area contributed by atoms with Gasteiger partial charge in [0.15, 0.2) is 0 Å². The Balaban J connectivity index is 3.45. The molecule has 0 fully saturated rings. The molecule has 0 aromatic carbocycles. The van der Waals surface area contributed by atoms with Gasteiger partial charge in [-0.05, 0) is 26.0 Å². The number of ether oxygens (including phenoxy) is 1. The van der Waals surface area contributed by atoms with Gasteiger partial charge in [-0.2, -0.15) is 0 Å². The number of thioether (sulfide) groups is 1. The summed E-state index contributed by atoms with van der Waals surface area (Å²) in [4.78, 5) is 11.2. The average molecular weight is 230 g/mol. The number of hydrogen-bond donors (Lipinski definition) is 0. The van der Waals surface area contributed by atoms with Gasteiger partial charge >= 0.3 is 5.97 Å². The smallest absolute Gasteiger partial charge is 0.334 e. The lowest BCUT2D eigenvalue weighted by Crippen LogP contribution is -2.12. The molecule has 0 spiro atoms. The molecule has 0 aliphatic heterocycles. The van der Waals surface area contributed by atoms with Gasteiger partial charge in [0.25, 0.3) is 0 Å². The first kappa shape index (κ1) is 14.6. The Morgan fingerprint density at radius 1 is 1.40 bits per heavy atom. The van der Waals surface area contributed by atoms with Gasteiger partial charge in [0.2, 0.25) is 0 Å². The van der Waals surface area contributed by atoms with Crippen molar-refractivity contribution in [3.05, 3.63) is 12.2 Å². The molecule has 0 aromatic rings. The van der Waals surface area contributed by atoms with Gasteiger partial charge in [0, 0.05) is 5.57 Å². The fourth-order valence-electron chi connectivity index (χ4n) is 1.06. The van der Waals surface area contributed by atoms with Crippen molar-refractivity contribution in [2.45, 2.75) is 51.9 Å². The Bertz CT molecular complexity index is 202. The maximum atomic E-state index is 11.2. The number of unbranched alkanes of at least 4 members (excludes halogenated alkanes) is 3. The quantitative estimate of drug-likeness (QED) is 0.275. The van der Waals surface area contributed by atoms with E-state index >= 15 is 0 Å². The van der Waals surface area contributed by atoms with Crippen LogP contribution in [-0.2, 0) is 9.53 Å². The van der Waals surface area contributed by atoms with Gasteiger partial charge in [0.1, 0.15) is 5.44 Å². The van der Waals surface area contributed by atoms with Crippen molar-refractivity contribution in [2.75, 3.05) is 5.75 Å². The molecule has 88 valence electrons. The third-order valence-corrected chi connectivity index (χ3v) is 3.06. The van der Waals surface area contributed by atoms with E-state index in [4.69, 9.17) is 4.74 Å². The van der Waals surface area contributed by atoms with Crippen molar-refractivity contribution >= 4 is 17.7 Å². The molecule has 0 N–H and O–H groups in total. The van der Waals surface area contributed by atoms with E-state index in [9.17, 15) is 4.79 Å². The van der Waals surface area contributed by atoms with Crippen LogP contribution in [0.5, 0.6) is 0 Å². The third kappa shape index (κ3) is 8.55. The van der Waals surface area contributed by atoms with Crippen LogP contribution in [0, 0.1) is 0 Å². The van der Waals surface area contributed by atoms with Gasteiger partial charge in [0.05, 0.1) is 0 Å². The van der Waals surface area contributed by atoms with Crippen LogP contribution >= 0.6 is 11.8 Å². The Hall–Kier alpha value is -0.440. The van der Waals surface area contributed by atoms with Crippen molar-refractivity contribution < 1.29 is 9.53 Å². The number of carbonyl (C=O) groups excluding carboxylic acids is 1. The fraction of sp³-hybridized carbons (Fsp3) is 0.750. The van der Waals surface area contributed by atoms with Gasteiger partial charge in [-0.1, -0.05) is 32.8 Å². The van der Waals surface area contributed by atoms with Crippen LogP contribution in [0.2, 0.25) is 0 Å². The Kier molecular flexibility index (Phi) is 8.58. The first-order valence-electron chi connectivity index (χ1n) is 5.56.